The topological polar surface area (TPSA) is 55.1 Å². The van der Waals surface area contributed by atoms with Gasteiger partial charge >= 0.3 is 0 Å². The summed E-state index contributed by atoms with van der Waals surface area (Å²) in [5.41, 5.74) is 5.93. The van der Waals surface area contributed by atoms with Gasteiger partial charge in [-0.3, -0.25) is 4.79 Å². The molecule has 20 heavy (non-hydrogen) atoms. The van der Waals surface area contributed by atoms with E-state index in [4.69, 9.17) is 5.73 Å². The molecule has 110 valence electrons. The maximum Gasteiger partial charge on any atom is 0.248 e. The fraction of sp³-hybridized carbons (Fsp3) is 0.562. The minimum absolute atomic E-state index is 0.214. The number of halogens is 1. The number of benzene rings is 1. The van der Waals surface area contributed by atoms with Gasteiger partial charge in [0, 0.05) is 23.7 Å². The van der Waals surface area contributed by atoms with Crippen LogP contribution in [-0.2, 0) is 6.54 Å². The Balaban J connectivity index is 1.91. The molecule has 3 N–H and O–H groups in total. The lowest BCUT2D eigenvalue weighted by Gasteiger charge is -2.28. The first-order valence-corrected chi connectivity index (χ1v) is 7.39. The van der Waals surface area contributed by atoms with E-state index >= 15 is 0 Å². The van der Waals surface area contributed by atoms with Crippen LogP contribution >= 0.6 is 0 Å². The molecule has 0 spiro atoms. The third kappa shape index (κ3) is 3.79. The molecule has 0 heterocycles. The van der Waals surface area contributed by atoms with Crippen molar-refractivity contribution >= 4 is 5.91 Å². The number of carbonyl (C=O) groups excluding carboxylic acids is 1. The summed E-state index contributed by atoms with van der Waals surface area (Å²) >= 11 is 0. The van der Waals surface area contributed by atoms with Crippen LogP contribution in [0.5, 0.6) is 0 Å². The van der Waals surface area contributed by atoms with Gasteiger partial charge in [-0.2, -0.15) is 0 Å². The third-order valence-electron chi connectivity index (χ3n) is 4.31. The van der Waals surface area contributed by atoms with Crippen LogP contribution in [0.1, 0.15) is 54.9 Å². The highest BCUT2D eigenvalue weighted by Crippen LogP contribution is 2.26. The highest BCUT2D eigenvalue weighted by molar-refractivity contribution is 5.92. The standard InChI is InChI=1S/C16H23FN2O/c1-11(12-5-3-2-4-6-12)19-10-14-8-7-13(16(18)20)9-15(14)17/h7-9,11-12,19H,2-6,10H2,1H3,(H2,18,20)/t11-/m1/s1. The van der Waals surface area contributed by atoms with Crippen molar-refractivity contribution in [2.24, 2.45) is 11.7 Å². The van der Waals surface area contributed by atoms with Gasteiger partial charge in [0.15, 0.2) is 0 Å². The molecule has 1 atom stereocenters. The summed E-state index contributed by atoms with van der Waals surface area (Å²) in [5.74, 6) is -0.277. The summed E-state index contributed by atoms with van der Waals surface area (Å²) in [6.45, 7) is 2.66. The summed E-state index contributed by atoms with van der Waals surface area (Å²) in [6, 6.07) is 4.82. The number of primary amides is 1. The molecule has 1 amide bonds. The van der Waals surface area contributed by atoms with Crippen LogP contribution in [0.15, 0.2) is 18.2 Å². The Labute approximate surface area is 119 Å². The molecule has 0 aromatic heterocycles. The second kappa shape index (κ2) is 6.84. The van der Waals surface area contributed by atoms with Crippen molar-refractivity contribution in [2.45, 2.75) is 51.6 Å². The Kier molecular flexibility index (Phi) is 5.12. The zero-order chi connectivity index (χ0) is 14.5. The molecule has 0 saturated heterocycles. The molecule has 2 rings (SSSR count). The largest absolute Gasteiger partial charge is 0.366 e. The fourth-order valence-corrected chi connectivity index (χ4v) is 2.92. The number of nitrogens with two attached hydrogens (primary N) is 1. The van der Waals surface area contributed by atoms with Gasteiger partial charge in [-0.1, -0.05) is 25.3 Å². The zero-order valence-corrected chi connectivity index (χ0v) is 12.0. The highest BCUT2D eigenvalue weighted by Gasteiger charge is 2.19. The van der Waals surface area contributed by atoms with Gasteiger partial charge in [0.25, 0.3) is 0 Å². The van der Waals surface area contributed by atoms with Crippen molar-refractivity contribution < 1.29 is 9.18 Å². The number of nitrogens with one attached hydrogen (secondary N) is 1. The van der Waals surface area contributed by atoms with Gasteiger partial charge in [-0.05, 0) is 37.8 Å². The SMILES string of the molecule is C[C@@H](NCc1ccc(C(N)=O)cc1F)C1CCCCC1. The third-order valence-corrected chi connectivity index (χ3v) is 4.31. The molecule has 0 bridgehead atoms. The molecular formula is C16H23FN2O. The second-order valence-corrected chi connectivity index (χ2v) is 5.74. The van der Waals surface area contributed by atoms with Crippen molar-refractivity contribution in [1.29, 1.82) is 0 Å². The molecular weight excluding hydrogens is 255 g/mol. The van der Waals surface area contributed by atoms with Crippen molar-refractivity contribution in [3.8, 4) is 0 Å². The van der Waals surface area contributed by atoms with E-state index in [0.717, 1.165) is 0 Å². The van der Waals surface area contributed by atoms with Crippen LogP contribution in [0.2, 0.25) is 0 Å². The zero-order valence-electron chi connectivity index (χ0n) is 12.0. The van der Waals surface area contributed by atoms with Crippen molar-refractivity contribution in [1.82, 2.24) is 5.32 Å². The van der Waals surface area contributed by atoms with E-state index in [1.54, 1.807) is 12.1 Å². The monoisotopic (exact) mass is 278 g/mol. The molecule has 0 radical (unpaired) electrons. The Bertz CT molecular complexity index is 470. The Morgan fingerprint density at radius 2 is 2.10 bits per heavy atom. The Hall–Kier alpha value is -1.42. The van der Waals surface area contributed by atoms with E-state index in [0.29, 0.717) is 24.1 Å². The van der Waals surface area contributed by atoms with E-state index in [9.17, 15) is 9.18 Å². The predicted molar refractivity (Wildman–Crippen MR) is 77.8 cm³/mol. The molecule has 3 nitrogen and oxygen atoms in total. The van der Waals surface area contributed by atoms with Gasteiger partial charge in [0.1, 0.15) is 5.82 Å². The fourth-order valence-electron chi connectivity index (χ4n) is 2.92. The molecule has 4 heteroatoms. The lowest BCUT2D eigenvalue weighted by atomic mass is 9.84. The molecule has 1 aliphatic carbocycles. The number of carbonyl (C=O) groups is 1. The molecule has 1 saturated carbocycles. The highest BCUT2D eigenvalue weighted by atomic mass is 19.1. The van der Waals surface area contributed by atoms with Crippen LogP contribution in [0.3, 0.4) is 0 Å². The smallest absolute Gasteiger partial charge is 0.248 e. The minimum atomic E-state index is -0.598. The molecule has 0 unspecified atom stereocenters. The van der Waals surface area contributed by atoms with Gasteiger partial charge in [0.05, 0.1) is 0 Å². The minimum Gasteiger partial charge on any atom is -0.366 e. The number of amides is 1. The van der Waals surface area contributed by atoms with E-state index < -0.39 is 5.91 Å². The first kappa shape index (κ1) is 15.0. The lowest BCUT2D eigenvalue weighted by molar-refractivity contribution is 0.1000. The number of hydrogen-bond donors (Lipinski definition) is 2. The van der Waals surface area contributed by atoms with E-state index in [2.05, 4.69) is 12.2 Å². The van der Waals surface area contributed by atoms with Crippen LogP contribution < -0.4 is 11.1 Å². The summed E-state index contributed by atoms with van der Waals surface area (Å²) in [7, 11) is 0. The average Bonchev–Trinajstić information content (AvgIpc) is 2.46. The van der Waals surface area contributed by atoms with E-state index in [-0.39, 0.29) is 11.4 Å². The van der Waals surface area contributed by atoms with Crippen LogP contribution in [0.4, 0.5) is 4.39 Å². The van der Waals surface area contributed by atoms with Gasteiger partial charge in [0.2, 0.25) is 5.91 Å². The lowest BCUT2D eigenvalue weighted by Crippen LogP contribution is -2.34. The van der Waals surface area contributed by atoms with Gasteiger partial charge in [-0.15, -0.1) is 0 Å². The van der Waals surface area contributed by atoms with Crippen LogP contribution in [-0.4, -0.2) is 11.9 Å². The summed E-state index contributed by atoms with van der Waals surface area (Å²) in [4.78, 5) is 11.0. The second-order valence-electron chi connectivity index (χ2n) is 5.74. The Morgan fingerprint density at radius 1 is 1.40 bits per heavy atom. The average molecular weight is 278 g/mol. The molecule has 1 aliphatic rings. The van der Waals surface area contributed by atoms with E-state index in [1.165, 1.54) is 38.2 Å². The normalized spacial score (nSPS) is 17.9. The number of rotatable bonds is 5. The first-order chi connectivity index (χ1) is 9.58. The maximum absolute atomic E-state index is 13.9. The summed E-state index contributed by atoms with van der Waals surface area (Å²) in [6.07, 6.45) is 6.47. The summed E-state index contributed by atoms with van der Waals surface area (Å²) < 4.78 is 13.9. The number of hydrogen-bond acceptors (Lipinski definition) is 2. The molecule has 0 aliphatic heterocycles. The van der Waals surface area contributed by atoms with E-state index in [1.807, 2.05) is 0 Å². The van der Waals surface area contributed by atoms with Gasteiger partial charge < -0.3 is 11.1 Å². The quantitative estimate of drug-likeness (QED) is 0.870. The van der Waals surface area contributed by atoms with Crippen LogP contribution in [0, 0.1) is 11.7 Å². The van der Waals surface area contributed by atoms with Crippen molar-refractivity contribution in [3.63, 3.8) is 0 Å². The molecule has 1 aromatic rings. The van der Waals surface area contributed by atoms with Gasteiger partial charge in [-0.25, -0.2) is 4.39 Å². The first-order valence-electron chi connectivity index (χ1n) is 7.39. The van der Waals surface area contributed by atoms with Crippen molar-refractivity contribution in [2.75, 3.05) is 0 Å². The predicted octanol–water partition coefficient (Wildman–Crippen LogP) is 2.98. The van der Waals surface area contributed by atoms with Crippen molar-refractivity contribution in [3.05, 3.63) is 35.1 Å². The molecule has 1 fully saturated rings. The molecule has 1 aromatic carbocycles. The Morgan fingerprint density at radius 3 is 2.70 bits per heavy atom. The maximum atomic E-state index is 13.9. The summed E-state index contributed by atoms with van der Waals surface area (Å²) in [5, 5.41) is 3.40. The van der Waals surface area contributed by atoms with Crippen LogP contribution in [0.25, 0.3) is 0 Å².